The Kier molecular flexibility index (Phi) is 9.75. The summed E-state index contributed by atoms with van der Waals surface area (Å²) in [6, 6.07) is 20.3. The van der Waals surface area contributed by atoms with E-state index in [1.54, 1.807) is 0 Å². The maximum atomic E-state index is 4.45. The lowest BCUT2D eigenvalue weighted by Crippen LogP contribution is -2.15. The zero-order valence-electron chi connectivity index (χ0n) is 15.4. The van der Waals surface area contributed by atoms with Crippen molar-refractivity contribution >= 4 is 34.0 Å². The van der Waals surface area contributed by atoms with Crippen LogP contribution < -0.4 is 0 Å². The summed E-state index contributed by atoms with van der Waals surface area (Å²) < 4.78 is 0. The molecule has 0 aliphatic heterocycles. The highest BCUT2D eigenvalue weighted by atomic mass is 33.1. The van der Waals surface area contributed by atoms with Gasteiger partial charge >= 0.3 is 0 Å². The van der Waals surface area contributed by atoms with Gasteiger partial charge in [-0.2, -0.15) is 10.2 Å². The van der Waals surface area contributed by atoms with E-state index in [0.717, 1.165) is 35.7 Å². The molecular weight excluding hydrogens is 360 g/mol. The number of hydrazone groups is 2. The number of benzene rings is 2. The van der Waals surface area contributed by atoms with Gasteiger partial charge in [-0.15, -0.1) is 0 Å². The van der Waals surface area contributed by atoms with E-state index in [1.165, 1.54) is 0 Å². The minimum Gasteiger partial charge on any atom is -0.299 e. The highest BCUT2D eigenvalue weighted by molar-refractivity contribution is 8.76. The van der Waals surface area contributed by atoms with Gasteiger partial charge in [0.2, 0.25) is 0 Å². The van der Waals surface area contributed by atoms with Crippen LogP contribution in [0.1, 0.15) is 11.1 Å². The molecule has 0 saturated heterocycles. The molecule has 0 saturated carbocycles. The van der Waals surface area contributed by atoms with E-state index in [-0.39, 0.29) is 0 Å². The summed E-state index contributed by atoms with van der Waals surface area (Å²) in [4.78, 5) is 0. The van der Waals surface area contributed by atoms with Gasteiger partial charge in [0.05, 0.1) is 12.4 Å². The van der Waals surface area contributed by atoms with Gasteiger partial charge in [0.15, 0.2) is 0 Å². The average molecular weight is 387 g/mol. The van der Waals surface area contributed by atoms with Crippen molar-refractivity contribution in [3.8, 4) is 0 Å². The second-order valence-electron chi connectivity index (χ2n) is 5.72. The lowest BCUT2D eigenvalue weighted by Gasteiger charge is -2.13. The number of hydrogen-bond acceptors (Lipinski definition) is 6. The van der Waals surface area contributed by atoms with E-state index in [4.69, 9.17) is 0 Å². The van der Waals surface area contributed by atoms with Crippen molar-refractivity contribution in [2.75, 3.05) is 38.7 Å². The monoisotopic (exact) mass is 386 g/mol. The summed E-state index contributed by atoms with van der Waals surface area (Å²) in [7, 11) is 7.79. The van der Waals surface area contributed by atoms with Crippen LogP contribution >= 0.6 is 21.6 Å². The first kappa shape index (κ1) is 20.4. The molecule has 0 atom stereocenters. The molecule has 0 N–H and O–H groups in total. The normalized spacial score (nSPS) is 11.3. The molecule has 0 spiro atoms. The number of rotatable bonds is 11. The van der Waals surface area contributed by atoms with Crippen molar-refractivity contribution in [1.82, 2.24) is 10.0 Å². The zero-order valence-corrected chi connectivity index (χ0v) is 17.0. The maximum absolute atomic E-state index is 4.45. The molecule has 0 fully saturated rings. The Morgan fingerprint density at radius 2 is 1.08 bits per heavy atom. The molecule has 0 amide bonds. The van der Waals surface area contributed by atoms with Crippen molar-refractivity contribution in [2.24, 2.45) is 10.2 Å². The molecule has 0 unspecified atom stereocenters. The molecule has 2 aromatic carbocycles. The van der Waals surface area contributed by atoms with Crippen molar-refractivity contribution in [2.45, 2.75) is 0 Å². The van der Waals surface area contributed by atoms with Crippen molar-refractivity contribution < 1.29 is 0 Å². The number of nitrogens with zero attached hydrogens (tertiary/aromatic N) is 4. The SMILES string of the molecule is CN(CCSSCCN(C)/N=C/c1ccccc1)/N=C/c1ccccc1. The Balaban J connectivity index is 1.52. The van der Waals surface area contributed by atoms with E-state index in [0.29, 0.717) is 0 Å². The van der Waals surface area contributed by atoms with E-state index in [1.807, 2.05) is 94.5 Å². The van der Waals surface area contributed by atoms with E-state index < -0.39 is 0 Å². The van der Waals surface area contributed by atoms with Gasteiger partial charge in [-0.3, -0.25) is 10.0 Å². The molecule has 0 bridgehead atoms. The van der Waals surface area contributed by atoms with Crippen LogP contribution in [-0.4, -0.2) is 61.1 Å². The van der Waals surface area contributed by atoms with Gasteiger partial charge in [0.25, 0.3) is 0 Å². The van der Waals surface area contributed by atoms with Crippen LogP contribution in [0.15, 0.2) is 70.9 Å². The van der Waals surface area contributed by atoms with Crippen LogP contribution in [0.2, 0.25) is 0 Å². The van der Waals surface area contributed by atoms with E-state index in [2.05, 4.69) is 34.5 Å². The molecule has 6 heteroatoms. The first-order chi connectivity index (χ1) is 12.7. The summed E-state index contributed by atoms with van der Waals surface area (Å²) in [5.74, 6) is 2.09. The molecule has 26 heavy (non-hydrogen) atoms. The standard InChI is InChI=1S/C20H26N4S2/c1-23(21-17-19-9-5-3-6-10-19)13-15-25-26-16-14-24(2)22-18-20-11-7-4-8-12-20/h3-12,17-18H,13-16H2,1-2H3/b21-17+,22-18+. The molecule has 0 aliphatic rings. The topological polar surface area (TPSA) is 31.2 Å². The Morgan fingerprint density at radius 3 is 1.46 bits per heavy atom. The molecule has 138 valence electrons. The lowest BCUT2D eigenvalue weighted by atomic mass is 10.2. The third kappa shape index (κ3) is 8.97. The third-order valence-corrected chi connectivity index (χ3v) is 5.85. The molecular formula is C20H26N4S2. The second kappa shape index (κ2) is 12.4. The largest absolute Gasteiger partial charge is 0.299 e. The van der Waals surface area contributed by atoms with Gasteiger partial charge in [-0.25, -0.2) is 0 Å². The van der Waals surface area contributed by atoms with E-state index >= 15 is 0 Å². The lowest BCUT2D eigenvalue weighted by molar-refractivity contribution is 0.380. The molecule has 4 nitrogen and oxygen atoms in total. The van der Waals surface area contributed by atoms with Crippen LogP contribution in [0.25, 0.3) is 0 Å². The van der Waals surface area contributed by atoms with Gasteiger partial charge in [-0.05, 0) is 11.1 Å². The van der Waals surface area contributed by atoms with Crippen LogP contribution in [0.4, 0.5) is 0 Å². The second-order valence-corrected chi connectivity index (χ2v) is 8.42. The fourth-order valence-electron chi connectivity index (χ4n) is 1.98. The minimum absolute atomic E-state index is 0.934. The third-order valence-electron chi connectivity index (χ3n) is 3.49. The first-order valence-electron chi connectivity index (χ1n) is 8.59. The fraction of sp³-hybridized carbons (Fsp3) is 0.300. The molecule has 0 aromatic heterocycles. The summed E-state index contributed by atoms with van der Waals surface area (Å²) in [6.07, 6.45) is 3.80. The van der Waals surface area contributed by atoms with Crippen LogP contribution in [-0.2, 0) is 0 Å². The molecule has 2 rings (SSSR count). The zero-order chi connectivity index (χ0) is 18.5. The van der Waals surface area contributed by atoms with Crippen LogP contribution in [0, 0.1) is 0 Å². The summed E-state index contributed by atoms with van der Waals surface area (Å²) in [5.41, 5.74) is 2.25. The predicted molar refractivity (Wildman–Crippen MR) is 118 cm³/mol. The summed E-state index contributed by atoms with van der Waals surface area (Å²) >= 11 is 0. The number of hydrogen-bond donors (Lipinski definition) is 0. The fourth-order valence-corrected chi connectivity index (χ4v) is 4.05. The molecule has 2 aromatic rings. The molecule has 0 radical (unpaired) electrons. The smallest absolute Gasteiger partial charge is 0.0542 e. The van der Waals surface area contributed by atoms with Crippen LogP contribution in [0.3, 0.4) is 0 Å². The van der Waals surface area contributed by atoms with Crippen molar-refractivity contribution in [1.29, 1.82) is 0 Å². The van der Waals surface area contributed by atoms with Gasteiger partial charge in [-0.1, -0.05) is 82.3 Å². The van der Waals surface area contributed by atoms with Gasteiger partial charge < -0.3 is 0 Å². The highest BCUT2D eigenvalue weighted by Crippen LogP contribution is 2.20. The average Bonchev–Trinajstić information content (AvgIpc) is 2.69. The van der Waals surface area contributed by atoms with Crippen molar-refractivity contribution in [3.05, 3.63) is 71.8 Å². The predicted octanol–water partition coefficient (Wildman–Crippen LogP) is 4.30. The van der Waals surface area contributed by atoms with Gasteiger partial charge in [0, 0.05) is 38.7 Å². The van der Waals surface area contributed by atoms with Gasteiger partial charge in [0.1, 0.15) is 0 Å². The highest BCUT2D eigenvalue weighted by Gasteiger charge is 1.97. The van der Waals surface area contributed by atoms with E-state index in [9.17, 15) is 0 Å². The van der Waals surface area contributed by atoms with Crippen LogP contribution in [0.5, 0.6) is 0 Å². The Hall–Kier alpha value is -1.92. The first-order valence-corrected chi connectivity index (χ1v) is 11.1. The minimum atomic E-state index is 0.934. The maximum Gasteiger partial charge on any atom is 0.0542 e. The quantitative estimate of drug-likeness (QED) is 0.249. The molecule has 0 heterocycles. The summed E-state index contributed by atoms with van der Waals surface area (Å²) in [6.45, 7) is 1.87. The molecule has 0 aliphatic carbocycles. The Morgan fingerprint density at radius 1 is 0.692 bits per heavy atom. The van der Waals surface area contributed by atoms with Crippen molar-refractivity contribution in [3.63, 3.8) is 0 Å². The Bertz CT molecular complexity index is 603. The Labute approximate surface area is 164 Å². The summed E-state index contributed by atoms with van der Waals surface area (Å²) in [5, 5.41) is 12.9.